The Hall–Kier alpha value is -1.65. The molecule has 1 N–H and O–H groups in total. The van der Waals surface area contributed by atoms with Crippen LogP contribution in [0.15, 0.2) is 17.1 Å². The van der Waals surface area contributed by atoms with Crippen molar-refractivity contribution in [3.8, 4) is 0 Å². The molecule has 76 valence electrons. The Kier molecular flexibility index (Phi) is 3.01. The second kappa shape index (κ2) is 4.04. The Morgan fingerprint density at radius 3 is 2.79 bits per heavy atom. The first-order valence-electron chi connectivity index (χ1n) is 4.10. The zero-order valence-electron chi connectivity index (χ0n) is 7.83. The third-order valence-corrected chi connectivity index (χ3v) is 1.43. The van der Waals surface area contributed by atoms with Crippen molar-refractivity contribution >= 4 is 5.97 Å². The van der Waals surface area contributed by atoms with E-state index in [1.807, 2.05) is 0 Å². The number of nitrogens with one attached hydrogen (secondary N) is 1. The zero-order valence-corrected chi connectivity index (χ0v) is 7.83. The lowest BCUT2D eigenvalue weighted by molar-refractivity contribution is 0.0375. The second-order valence-electron chi connectivity index (χ2n) is 3.01. The summed E-state index contributed by atoms with van der Waals surface area (Å²) in [5, 5.41) is 0. The Balaban J connectivity index is 3.00. The lowest BCUT2D eigenvalue weighted by Gasteiger charge is -2.06. The van der Waals surface area contributed by atoms with Crippen molar-refractivity contribution in [1.82, 2.24) is 4.98 Å². The fourth-order valence-electron chi connectivity index (χ4n) is 0.887. The van der Waals surface area contributed by atoms with Gasteiger partial charge in [-0.3, -0.25) is 4.79 Å². The molecule has 0 spiro atoms. The Bertz CT molecular complexity index is 397. The van der Waals surface area contributed by atoms with Crippen LogP contribution < -0.4 is 5.56 Å². The molecule has 0 saturated carbocycles. The second-order valence-corrected chi connectivity index (χ2v) is 3.01. The third kappa shape index (κ3) is 2.42. The van der Waals surface area contributed by atoms with Crippen LogP contribution in [0.5, 0.6) is 0 Å². The number of hydrogen-bond acceptors (Lipinski definition) is 3. The summed E-state index contributed by atoms with van der Waals surface area (Å²) >= 11 is 0. The van der Waals surface area contributed by atoms with Crippen LogP contribution in [0.1, 0.15) is 24.2 Å². The predicted molar refractivity (Wildman–Crippen MR) is 47.6 cm³/mol. The van der Waals surface area contributed by atoms with Crippen LogP contribution in [0.25, 0.3) is 0 Å². The van der Waals surface area contributed by atoms with Crippen molar-refractivity contribution < 1.29 is 13.9 Å². The smallest absolute Gasteiger partial charge is 0.344 e. The summed E-state index contributed by atoms with van der Waals surface area (Å²) in [6.07, 6.45) is 0.541. The molecule has 0 aliphatic carbocycles. The van der Waals surface area contributed by atoms with Crippen LogP contribution in [0.2, 0.25) is 0 Å². The minimum atomic E-state index is -0.819. The van der Waals surface area contributed by atoms with E-state index >= 15 is 0 Å². The van der Waals surface area contributed by atoms with E-state index in [0.717, 1.165) is 12.3 Å². The molecule has 1 rings (SSSR count). The van der Waals surface area contributed by atoms with Crippen molar-refractivity contribution in [3.63, 3.8) is 0 Å². The molecule has 1 heterocycles. The van der Waals surface area contributed by atoms with E-state index < -0.39 is 17.3 Å². The normalized spacial score (nSPS) is 10.3. The summed E-state index contributed by atoms with van der Waals surface area (Å²) in [6.45, 7) is 3.29. The quantitative estimate of drug-likeness (QED) is 0.725. The molecular weight excluding hydrogens is 189 g/mol. The van der Waals surface area contributed by atoms with Gasteiger partial charge >= 0.3 is 5.97 Å². The number of pyridine rings is 1. The van der Waals surface area contributed by atoms with Gasteiger partial charge in [-0.15, -0.1) is 0 Å². The average Bonchev–Trinajstić information content (AvgIpc) is 2.08. The lowest BCUT2D eigenvalue weighted by atomic mass is 10.3. The number of halogens is 1. The molecule has 5 heteroatoms. The van der Waals surface area contributed by atoms with Crippen molar-refractivity contribution in [2.75, 3.05) is 0 Å². The van der Waals surface area contributed by atoms with E-state index in [4.69, 9.17) is 4.74 Å². The first-order chi connectivity index (χ1) is 6.50. The van der Waals surface area contributed by atoms with E-state index in [1.165, 1.54) is 0 Å². The Morgan fingerprint density at radius 2 is 2.21 bits per heavy atom. The molecule has 0 aliphatic heterocycles. The molecule has 1 aromatic rings. The molecule has 1 aromatic heterocycles. The molecule has 0 unspecified atom stereocenters. The average molecular weight is 199 g/mol. The topological polar surface area (TPSA) is 59.2 Å². The number of carbonyl (C=O) groups is 1. The van der Waals surface area contributed by atoms with Crippen LogP contribution in [0.4, 0.5) is 4.39 Å². The Morgan fingerprint density at radius 1 is 1.57 bits per heavy atom. The van der Waals surface area contributed by atoms with Crippen molar-refractivity contribution in [2.24, 2.45) is 0 Å². The predicted octanol–water partition coefficient (Wildman–Crippen LogP) is 1.08. The van der Waals surface area contributed by atoms with Gasteiger partial charge in [0.25, 0.3) is 5.56 Å². The van der Waals surface area contributed by atoms with Gasteiger partial charge in [-0.05, 0) is 19.9 Å². The maximum absolute atomic E-state index is 12.7. The molecular formula is C9H10FNO3. The van der Waals surface area contributed by atoms with Gasteiger partial charge < -0.3 is 9.72 Å². The highest BCUT2D eigenvalue weighted by Gasteiger charge is 2.14. The van der Waals surface area contributed by atoms with E-state index in [2.05, 4.69) is 4.98 Å². The van der Waals surface area contributed by atoms with Crippen LogP contribution >= 0.6 is 0 Å². The fourth-order valence-corrected chi connectivity index (χ4v) is 0.887. The molecule has 0 bridgehead atoms. The lowest BCUT2D eigenvalue weighted by Crippen LogP contribution is -2.21. The van der Waals surface area contributed by atoms with Gasteiger partial charge in [-0.25, -0.2) is 9.18 Å². The molecule has 0 fully saturated rings. The monoisotopic (exact) mass is 199 g/mol. The highest BCUT2D eigenvalue weighted by atomic mass is 19.1. The van der Waals surface area contributed by atoms with Gasteiger partial charge in [-0.1, -0.05) is 0 Å². The Labute approximate surface area is 79.7 Å². The molecule has 0 aliphatic rings. The number of aromatic amines is 1. The number of hydrogen-bond donors (Lipinski definition) is 1. The van der Waals surface area contributed by atoms with Gasteiger partial charge in [0.15, 0.2) is 0 Å². The number of aromatic nitrogens is 1. The highest BCUT2D eigenvalue weighted by Crippen LogP contribution is 2.00. The van der Waals surface area contributed by atoms with E-state index in [1.54, 1.807) is 13.8 Å². The summed E-state index contributed by atoms with van der Waals surface area (Å²) < 4.78 is 17.4. The van der Waals surface area contributed by atoms with Crippen LogP contribution in [0, 0.1) is 5.82 Å². The van der Waals surface area contributed by atoms with Gasteiger partial charge in [0.05, 0.1) is 6.10 Å². The van der Waals surface area contributed by atoms with Gasteiger partial charge in [0, 0.05) is 6.20 Å². The third-order valence-electron chi connectivity index (χ3n) is 1.43. The van der Waals surface area contributed by atoms with E-state index in [9.17, 15) is 14.0 Å². The molecule has 4 nitrogen and oxygen atoms in total. The van der Waals surface area contributed by atoms with Crippen LogP contribution in [-0.2, 0) is 4.74 Å². The molecule has 0 saturated heterocycles. The molecule has 0 amide bonds. The number of ether oxygens (including phenoxy) is 1. The standard InChI is InChI=1S/C9H10FNO3/c1-5(2)14-9(13)7-3-6(10)4-11-8(7)12/h3-5H,1-2H3,(H,11,12). The summed E-state index contributed by atoms with van der Waals surface area (Å²) in [7, 11) is 0. The van der Waals surface area contributed by atoms with Gasteiger partial charge in [0.2, 0.25) is 0 Å². The highest BCUT2D eigenvalue weighted by molar-refractivity contribution is 5.88. The van der Waals surface area contributed by atoms with Crippen LogP contribution in [0.3, 0.4) is 0 Å². The molecule has 0 atom stereocenters. The minimum absolute atomic E-state index is 0.321. The summed E-state index contributed by atoms with van der Waals surface area (Å²) in [5.41, 5.74) is -0.976. The minimum Gasteiger partial charge on any atom is -0.459 e. The SMILES string of the molecule is CC(C)OC(=O)c1cc(F)c[nH]c1=O. The first kappa shape index (κ1) is 10.4. The number of carbonyl (C=O) groups excluding carboxylic acids is 1. The summed E-state index contributed by atoms with van der Waals surface area (Å²) in [6, 6.07) is 0.851. The molecule has 0 aromatic carbocycles. The largest absolute Gasteiger partial charge is 0.459 e. The van der Waals surface area contributed by atoms with E-state index in [0.29, 0.717) is 0 Å². The summed E-state index contributed by atoms with van der Waals surface area (Å²) in [4.78, 5) is 24.4. The first-order valence-corrected chi connectivity index (χ1v) is 4.10. The maximum Gasteiger partial charge on any atom is 0.344 e. The van der Waals surface area contributed by atoms with Crippen molar-refractivity contribution in [1.29, 1.82) is 0 Å². The zero-order chi connectivity index (χ0) is 10.7. The number of rotatable bonds is 2. The van der Waals surface area contributed by atoms with Crippen molar-refractivity contribution in [2.45, 2.75) is 20.0 Å². The van der Waals surface area contributed by atoms with Crippen LogP contribution in [-0.4, -0.2) is 17.1 Å². The van der Waals surface area contributed by atoms with Gasteiger partial charge in [0.1, 0.15) is 11.4 Å². The summed E-state index contributed by atoms with van der Waals surface area (Å²) in [5.74, 6) is -1.50. The maximum atomic E-state index is 12.7. The number of esters is 1. The number of H-pyrrole nitrogens is 1. The fraction of sp³-hybridized carbons (Fsp3) is 0.333. The molecule has 14 heavy (non-hydrogen) atoms. The van der Waals surface area contributed by atoms with Gasteiger partial charge in [-0.2, -0.15) is 0 Å². The van der Waals surface area contributed by atoms with E-state index in [-0.39, 0.29) is 11.7 Å². The molecule has 0 radical (unpaired) electrons. The van der Waals surface area contributed by atoms with Crippen molar-refractivity contribution in [3.05, 3.63) is 34.0 Å².